The number of hydrogen-bond acceptors (Lipinski definition) is 4. The van der Waals surface area contributed by atoms with Crippen LogP contribution >= 0.6 is 0 Å². The molecule has 0 aliphatic carbocycles. The summed E-state index contributed by atoms with van der Waals surface area (Å²) >= 11 is 0. The van der Waals surface area contributed by atoms with Crippen molar-refractivity contribution in [1.82, 2.24) is 9.97 Å². The third kappa shape index (κ3) is 3.12. The van der Waals surface area contributed by atoms with Crippen LogP contribution in [0.25, 0.3) is 0 Å². The van der Waals surface area contributed by atoms with Gasteiger partial charge in [-0.15, -0.1) is 0 Å². The van der Waals surface area contributed by atoms with E-state index < -0.39 is 13.0 Å². The predicted molar refractivity (Wildman–Crippen MR) is 50.9 cm³/mol. The molecule has 0 aliphatic rings. The van der Waals surface area contributed by atoms with E-state index in [0.29, 0.717) is 11.6 Å². The molecule has 0 radical (unpaired) electrons. The van der Waals surface area contributed by atoms with Crippen molar-refractivity contribution in [3.8, 4) is 0 Å². The summed E-state index contributed by atoms with van der Waals surface area (Å²) in [6, 6.07) is 0. The first kappa shape index (κ1) is 10.6. The lowest BCUT2D eigenvalue weighted by atomic mass is 10.5. The smallest absolute Gasteiger partial charge is 0.255 e. The van der Waals surface area contributed by atoms with Crippen LogP contribution in [-0.2, 0) is 0 Å². The molecule has 0 aliphatic heterocycles. The van der Waals surface area contributed by atoms with Gasteiger partial charge in [-0.2, -0.15) is 0 Å². The summed E-state index contributed by atoms with van der Waals surface area (Å²) in [6.45, 7) is -0.411. The van der Waals surface area contributed by atoms with Gasteiger partial charge in [-0.1, -0.05) is 0 Å². The Morgan fingerprint density at radius 2 is 2.14 bits per heavy atom. The molecule has 0 unspecified atom stereocenters. The minimum absolute atomic E-state index is 0.358. The highest BCUT2D eigenvalue weighted by atomic mass is 19.3. The third-order valence-electron chi connectivity index (χ3n) is 1.52. The van der Waals surface area contributed by atoms with Crippen molar-refractivity contribution in [1.29, 1.82) is 0 Å². The molecule has 78 valence electrons. The Hall–Kier alpha value is -1.46. The minimum atomic E-state index is -2.39. The minimum Gasteiger partial charge on any atom is -0.363 e. The zero-order chi connectivity index (χ0) is 10.6. The lowest BCUT2D eigenvalue weighted by Gasteiger charge is -2.12. The molecule has 0 amide bonds. The first-order chi connectivity index (χ1) is 6.59. The maximum atomic E-state index is 11.9. The number of hydrogen-bond donors (Lipinski definition) is 1. The molecule has 0 saturated heterocycles. The number of alkyl halides is 2. The Morgan fingerprint density at radius 3 is 2.71 bits per heavy atom. The van der Waals surface area contributed by atoms with Gasteiger partial charge in [-0.05, 0) is 0 Å². The third-order valence-corrected chi connectivity index (χ3v) is 1.52. The fraction of sp³-hybridized carbons (Fsp3) is 0.500. The van der Waals surface area contributed by atoms with Gasteiger partial charge in [0.2, 0.25) is 0 Å². The molecule has 1 N–H and O–H groups in total. The van der Waals surface area contributed by atoms with Crippen LogP contribution < -0.4 is 10.2 Å². The predicted octanol–water partition coefficient (Wildman–Crippen LogP) is 1.22. The number of nitrogens with zero attached hydrogens (tertiary/aromatic N) is 3. The Bertz CT molecular complexity index is 290. The maximum Gasteiger partial charge on any atom is 0.255 e. The second kappa shape index (κ2) is 4.69. The highest BCUT2D eigenvalue weighted by Crippen LogP contribution is 2.09. The van der Waals surface area contributed by atoms with E-state index in [9.17, 15) is 8.78 Å². The lowest BCUT2D eigenvalue weighted by molar-refractivity contribution is 0.163. The van der Waals surface area contributed by atoms with Gasteiger partial charge in [0.1, 0.15) is 11.6 Å². The van der Waals surface area contributed by atoms with E-state index in [1.54, 1.807) is 25.2 Å². The Kier molecular flexibility index (Phi) is 3.55. The highest BCUT2D eigenvalue weighted by molar-refractivity contribution is 5.42. The zero-order valence-corrected chi connectivity index (χ0v) is 8.04. The van der Waals surface area contributed by atoms with Crippen molar-refractivity contribution in [2.45, 2.75) is 6.43 Å². The Labute approximate surface area is 81.0 Å². The Balaban J connectivity index is 2.64. The molecule has 0 atom stereocenters. The zero-order valence-electron chi connectivity index (χ0n) is 8.04. The standard InChI is InChI=1S/C8H12F2N4/c1-14(2)8-5-11-4-7(13-8)12-3-6(9)10/h4-6H,3H2,1-2H3,(H,12,13). The fourth-order valence-electron chi connectivity index (χ4n) is 0.838. The molecule has 1 rings (SSSR count). The molecule has 6 heteroatoms. The van der Waals surface area contributed by atoms with Crippen molar-refractivity contribution in [3.63, 3.8) is 0 Å². The van der Waals surface area contributed by atoms with Gasteiger partial charge in [-0.3, -0.25) is 4.98 Å². The van der Waals surface area contributed by atoms with Crippen LogP contribution in [-0.4, -0.2) is 37.0 Å². The van der Waals surface area contributed by atoms with Crippen molar-refractivity contribution < 1.29 is 8.78 Å². The molecule has 0 fully saturated rings. The van der Waals surface area contributed by atoms with Crippen LogP contribution in [0.3, 0.4) is 0 Å². The van der Waals surface area contributed by atoms with Gasteiger partial charge < -0.3 is 10.2 Å². The van der Waals surface area contributed by atoms with Gasteiger partial charge in [0, 0.05) is 14.1 Å². The first-order valence-electron chi connectivity index (χ1n) is 4.11. The van der Waals surface area contributed by atoms with Gasteiger partial charge in [0.25, 0.3) is 6.43 Å². The van der Waals surface area contributed by atoms with E-state index in [2.05, 4.69) is 15.3 Å². The molecule has 4 nitrogen and oxygen atoms in total. The fourth-order valence-corrected chi connectivity index (χ4v) is 0.838. The number of nitrogens with one attached hydrogen (secondary N) is 1. The molecular formula is C8H12F2N4. The summed E-state index contributed by atoms with van der Waals surface area (Å²) in [4.78, 5) is 9.69. The summed E-state index contributed by atoms with van der Waals surface area (Å²) in [7, 11) is 3.61. The van der Waals surface area contributed by atoms with Crippen molar-refractivity contribution in [2.24, 2.45) is 0 Å². The normalized spacial score (nSPS) is 10.4. The molecule has 0 aromatic carbocycles. The van der Waals surface area contributed by atoms with Crippen LogP contribution in [0.1, 0.15) is 0 Å². The largest absolute Gasteiger partial charge is 0.363 e. The molecule has 14 heavy (non-hydrogen) atoms. The van der Waals surface area contributed by atoms with Gasteiger partial charge >= 0.3 is 0 Å². The van der Waals surface area contributed by atoms with Crippen LogP contribution in [0.5, 0.6) is 0 Å². The lowest BCUT2D eigenvalue weighted by Crippen LogP contribution is -2.15. The second-order valence-electron chi connectivity index (χ2n) is 2.93. The van der Waals surface area contributed by atoms with Gasteiger partial charge in [-0.25, -0.2) is 13.8 Å². The molecule has 1 heterocycles. The summed E-state index contributed by atoms with van der Waals surface area (Å²) in [5.74, 6) is 0.987. The van der Waals surface area contributed by atoms with Crippen LogP contribution in [0, 0.1) is 0 Å². The maximum absolute atomic E-state index is 11.9. The van der Waals surface area contributed by atoms with E-state index in [-0.39, 0.29) is 0 Å². The summed E-state index contributed by atoms with van der Waals surface area (Å²) in [5, 5.41) is 2.49. The van der Waals surface area contributed by atoms with Gasteiger partial charge in [0.15, 0.2) is 0 Å². The quantitative estimate of drug-likeness (QED) is 0.797. The highest BCUT2D eigenvalue weighted by Gasteiger charge is 2.04. The molecule has 0 bridgehead atoms. The molecule has 1 aromatic heterocycles. The number of halogens is 2. The monoisotopic (exact) mass is 202 g/mol. The topological polar surface area (TPSA) is 41.1 Å². The first-order valence-corrected chi connectivity index (χ1v) is 4.11. The second-order valence-corrected chi connectivity index (χ2v) is 2.93. The van der Waals surface area contributed by atoms with Crippen molar-refractivity contribution in [2.75, 3.05) is 30.9 Å². The van der Waals surface area contributed by atoms with Crippen LogP contribution in [0.15, 0.2) is 12.4 Å². The number of rotatable bonds is 4. The van der Waals surface area contributed by atoms with Gasteiger partial charge in [0.05, 0.1) is 18.9 Å². The average Bonchev–Trinajstić information content (AvgIpc) is 2.15. The van der Waals surface area contributed by atoms with Crippen molar-refractivity contribution >= 4 is 11.6 Å². The number of anilines is 2. The van der Waals surface area contributed by atoms with Crippen LogP contribution in [0.4, 0.5) is 20.4 Å². The number of aromatic nitrogens is 2. The molecule has 1 aromatic rings. The Morgan fingerprint density at radius 1 is 1.43 bits per heavy atom. The molecular weight excluding hydrogens is 190 g/mol. The van der Waals surface area contributed by atoms with E-state index >= 15 is 0 Å². The van der Waals surface area contributed by atoms with E-state index in [4.69, 9.17) is 0 Å². The summed E-state index contributed by atoms with van der Waals surface area (Å²) < 4.78 is 23.7. The summed E-state index contributed by atoms with van der Waals surface area (Å²) in [5.41, 5.74) is 0. The average molecular weight is 202 g/mol. The van der Waals surface area contributed by atoms with E-state index in [1.807, 2.05) is 0 Å². The van der Waals surface area contributed by atoms with Crippen molar-refractivity contribution in [3.05, 3.63) is 12.4 Å². The summed E-state index contributed by atoms with van der Waals surface area (Å²) in [6.07, 6.45) is 0.586. The van der Waals surface area contributed by atoms with E-state index in [1.165, 1.54) is 6.20 Å². The molecule has 0 spiro atoms. The van der Waals surface area contributed by atoms with Crippen LogP contribution in [0.2, 0.25) is 0 Å². The SMILES string of the molecule is CN(C)c1cncc(NCC(F)F)n1. The molecule has 0 saturated carbocycles. The van der Waals surface area contributed by atoms with E-state index in [0.717, 1.165) is 0 Å².